The van der Waals surface area contributed by atoms with Crippen LogP contribution >= 0.6 is 15.9 Å². The van der Waals surface area contributed by atoms with E-state index in [-0.39, 0.29) is 22.9 Å². The van der Waals surface area contributed by atoms with Crippen LogP contribution in [0.15, 0.2) is 40.9 Å². The lowest BCUT2D eigenvalue weighted by Gasteiger charge is -2.30. The summed E-state index contributed by atoms with van der Waals surface area (Å²) in [7, 11) is 0. The van der Waals surface area contributed by atoms with Crippen molar-refractivity contribution in [2.45, 2.75) is 78.1 Å². The predicted molar refractivity (Wildman–Crippen MR) is 148 cm³/mol. The van der Waals surface area contributed by atoms with Crippen LogP contribution < -0.4 is 10.1 Å². The van der Waals surface area contributed by atoms with Crippen LogP contribution in [0, 0.1) is 10.1 Å². The van der Waals surface area contributed by atoms with Crippen LogP contribution in [0.5, 0.6) is 5.75 Å². The van der Waals surface area contributed by atoms with E-state index in [1.807, 2.05) is 6.07 Å². The fraction of sp³-hybridized carbons (Fsp3) is 0.500. The minimum Gasteiger partial charge on any atom is -0.493 e. The van der Waals surface area contributed by atoms with Gasteiger partial charge in [0, 0.05) is 28.6 Å². The SMILES string of the molecule is CCC(C)(C)c1ccc(OCCCC(=O)OCC(=O)Nc2ccc([N+](=O)[O-])cc2Br)c(C(C)(C)CC)c1. The lowest BCUT2D eigenvalue weighted by molar-refractivity contribution is -0.384. The van der Waals surface area contributed by atoms with Crippen molar-refractivity contribution in [3.63, 3.8) is 0 Å². The minimum absolute atomic E-state index is 0.0554. The molecule has 1 N–H and O–H groups in total. The topological polar surface area (TPSA) is 108 Å². The van der Waals surface area contributed by atoms with Crippen molar-refractivity contribution < 1.29 is 24.0 Å². The number of benzene rings is 2. The maximum Gasteiger partial charge on any atom is 0.306 e. The Morgan fingerprint density at radius 1 is 1.03 bits per heavy atom. The molecule has 8 nitrogen and oxygen atoms in total. The summed E-state index contributed by atoms with van der Waals surface area (Å²) in [6.07, 6.45) is 2.55. The number of ether oxygens (including phenoxy) is 2. The Morgan fingerprint density at radius 3 is 2.30 bits per heavy atom. The van der Waals surface area contributed by atoms with Gasteiger partial charge < -0.3 is 14.8 Å². The zero-order chi connectivity index (χ0) is 27.8. The number of nitro benzene ring substituents is 1. The summed E-state index contributed by atoms with van der Waals surface area (Å²) in [5.74, 6) is -0.222. The summed E-state index contributed by atoms with van der Waals surface area (Å²) in [5.41, 5.74) is 2.69. The number of hydrogen-bond donors (Lipinski definition) is 1. The number of hydrogen-bond acceptors (Lipinski definition) is 6. The van der Waals surface area contributed by atoms with Gasteiger partial charge in [-0.2, -0.15) is 0 Å². The van der Waals surface area contributed by atoms with Crippen LogP contribution in [0.1, 0.15) is 78.4 Å². The Bertz CT molecular complexity index is 1130. The third-order valence-corrected chi connectivity index (χ3v) is 7.50. The van der Waals surface area contributed by atoms with Gasteiger partial charge in [0.2, 0.25) is 0 Å². The van der Waals surface area contributed by atoms with Gasteiger partial charge in [-0.05, 0) is 63.7 Å². The first-order valence-corrected chi connectivity index (χ1v) is 13.3. The monoisotopic (exact) mass is 576 g/mol. The average molecular weight is 578 g/mol. The van der Waals surface area contributed by atoms with Gasteiger partial charge in [-0.25, -0.2) is 0 Å². The highest BCUT2D eigenvalue weighted by Crippen LogP contribution is 2.38. The number of anilines is 1. The van der Waals surface area contributed by atoms with Gasteiger partial charge in [0.05, 0.1) is 17.2 Å². The first-order chi connectivity index (χ1) is 17.3. The molecule has 0 aliphatic carbocycles. The number of halogens is 1. The van der Waals surface area contributed by atoms with E-state index < -0.39 is 23.4 Å². The van der Waals surface area contributed by atoms with E-state index in [1.165, 1.54) is 23.8 Å². The minimum atomic E-state index is -0.541. The van der Waals surface area contributed by atoms with Crippen molar-refractivity contribution in [3.05, 3.63) is 62.1 Å². The van der Waals surface area contributed by atoms with Crippen LogP contribution in [0.4, 0.5) is 11.4 Å². The molecule has 0 fully saturated rings. The third-order valence-electron chi connectivity index (χ3n) is 6.84. The molecule has 0 heterocycles. The zero-order valence-electron chi connectivity index (χ0n) is 22.5. The van der Waals surface area contributed by atoms with Gasteiger partial charge in [-0.15, -0.1) is 0 Å². The van der Waals surface area contributed by atoms with Crippen LogP contribution in [-0.4, -0.2) is 30.0 Å². The molecule has 0 bridgehead atoms. The molecule has 1 amide bonds. The van der Waals surface area contributed by atoms with Crippen molar-refractivity contribution in [1.29, 1.82) is 0 Å². The molecule has 0 atom stereocenters. The fourth-order valence-corrected chi connectivity index (χ4v) is 3.99. The Kier molecular flexibility index (Phi) is 10.7. The van der Waals surface area contributed by atoms with Crippen LogP contribution in [-0.2, 0) is 25.2 Å². The van der Waals surface area contributed by atoms with E-state index in [1.54, 1.807) is 0 Å². The summed E-state index contributed by atoms with van der Waals surface area (Å²) < 4.78 is 11.5. The maximum atomic E-state index is 12.1. The van der Waals surface area contributed by atoms with Gasteiger partial charge in [0.15, 0.2) is 6.61 Å². The molecule has 0 unspecified atom stereocenters. The molecule has 0 spiro atoms. The van der Waals surface area contributed by atoms with E-state index in [2.05, 4.69) is 74.9 Å². The maximum absolute atomic E-state index is 12.1. The Labute approximate surface area is 227 Å². The molecule has 202 valence electrons. The molecular formula is C28H37BrN2O6. The Morgan fingerprint density at radius 2 is 1.70 bits per heavy atom. The molecule has 0 aromatic heterocycles. The number of esters is 1. The highest BCUT2D eigenvalue weighted by Gasteiger charge is 2.26. The number of nitro groups is 1. The summed E-state index contributed by atoms with van der Waals surface area (Å²) in [4.78, 5) is 34.5. The van der Waals surface area contributed by atoms with E-state index in [0.29, 0.717) is 23.2 Å². The second kappa shape index (κ2) is 13.0. The van der Waals surface area contributed by atoms with E-state index in [9.17, 15) is 19.7 Å². The van der Waals surface area contributed by atoms with Gasteiger partial charge >= 0.3 is 5.97 Å². The number of nitrogens with zero attached hydrogens (tertiary/aromatic N) is 1. The van der Waals surface area contributed by atoms with Crippen molar-refractivity contribution in [1.82, 2.24) is 0 Å². The number of amides is 1. The molecular weight excluding hydrogens is 540 g/mol. The summed E-state index contributed by atoms with van der Waals surface area (Å²) in [6.45, 7) is 13.1. The van der Waals surface area contributed by atoms with Crippen LogP contribution in [0.25, 0.3) is 0 Å². The molecule has 0 radical (unpaired) electrons. The van der Waals surface area contributed by atoms with Gasteiger partial charge in [-0.1, -0.05) is 53.7 Å². The predicted octanol–water partition coefficient (Wildman–Crippen LogP) is 7.07. The smallest absolute Gasteiger partial charge is 0.306 e. The zero-order valence-corrected chi connectivity index (χ0v) is 24.1. The second-order valence-electron chi connectivity index (χ2n) is 10.3. The molecule has 2 aromatic rings. The molecule has 2 rings (SSSR count). The van der Waals surface area contributed by atoms with Crippen molar-refractivity contribution >= 4 is 39.2 Å². The normalized spacial score (nSPS) is 11.6. The second-order valence-corrected chi connectivity index (χ2v) is 11.1. The molecule has 2 aromatic carbocycles. The molecule has 37 heavy (non-hydrogen) atoms. The van der Waals surface area contributed by atoms with Crippen LogP contribution in [0.2, 0.25) is 0 Å². The highest BCUT2D eigenvalue weighted by atomic mass is 79.9. The standard InChI is InChI=1S/C28H37BrN2O6/c1-7-27(3,4)19-11-14-24(21(16-19)28(5,6)8-2)36-15-9-10-26(33)37-18-25(32)30-23-13-12-20(31(34)35)17-22(23)29/h11-14,16-17H,7-10,15,18H2,1-6H3,(H,30,32). The summed E-state index contributed by atoms with van der Waals surface area (Å²) >= 11 is 3.18. The van der Waals surface area contributed by atoms with E-state index in [4.69, 9.17) is 9.47 Å². The first-order valence-electron chi connectivity index (χ1n) is 12.5. The van der Waals surface area contributed by atoms with Gasteiger partial charge in [0.25, 0.3) is 11.6 Å². The Balaban J connectivity index is 1.87. The molecule has 0 saturated heterocycles. The largest absolute Gasteiger partial charge is 0.493 e. The van der Waals surface area contributed by atoms with E-state index in [0.717, 1.165) is 24.2 Å². The van der Waals surface area contributed by atoms with Crippen molar-refractivity contribution in [2.24, 2.45) is 0 Å². The highest BCUT2D eigenvalue weighted by molar-refractivity contribution is 9.10. The lowest BCUT2D eigenvalue weighted by Crippen LogP contribution is -2.22. The third kappa shape index (κ3) is 8.55. The van der Waals surface area contributed by atoms with E-state index >= 15 is 0 Å². The fourth-order valence-electron chi connectivity index (χ4n) is 3.52. The number of nitrogens with one attached hydrogen (secondary N) is 1. The Hall–Kier alpha value is -2.94. The van der Waals surface area contributed by atoms with Gasteiger partial charge in [-0.3, -0.25) is 19.7 Å². The molecule has 0 aliphatic rings. The number of non-ortho nitro benzene ring substituents is 1. The van der Waals surface area contributed by atoms with Gasteiger partial charge in [0.1, 0.15) is 5.75 Å². The van der Waals surface area contributed by atoms with Crippen LogP contribution in [0.3, 0.4) is 0 Å². The quantitative estimate of drug-likeness (QED) is 0.118. The number of carbonyl (C=O) groups is 2. The number of rotatable bonds is 13. The van der Waals surface area contributed by atoms with Crippen molar-refractivity contribution in [2.75, 3.05) is 18.5 Å². The first kappa shape index (κ1) is 30.3. The van der Waals surface area contributed by atoms with Crippen molar-refractivity contribution in [3.8, 4) is 5.75 Å². The average Bonchev–Trinajstić information content (AvgIpc) is 2.86. The molecule has 0 saturated carbocycles. The lowest BCUT2D eigenvalue weighted by atomic mass is 9.76. The summed E-state index contributed by atoms with van der Waals surface area (Å²) in [5, 5.41) is 13.4. The molecule has 0 aliphatic heterocycles. The molecule has 9 heteroatoms. The number of carbonyl (C=O) groups excluding carboxylic acids is 2. The summed E-state index contributed by atoms with van der Waals surface area (Å²) in [6, 6.07) is 10.4.